The van der Waals surface area contributed by atoms with E-state index < -0.39 is 0 Å². The first-order valence-electron chi connectivity index (χ1n) is 8.33. The number of rotatable bonds is 9. The topological polar surface area (TPSA) is 70.7 Å². The molecule has 3 N–H and O–H groups in total. The largest absolute Gasteiger partial charge is 0.370 e. The Morgan fingerprint density at radius 3 is 2.64 bits per heavy atom. The molecule has 5 nitrogen and oxygen atoms in total. The zero-order valence-corrected chi connectivity index (χ0v) is 16.6. The van der Waals surface area contributed by atoms with Gasteiger partial charge < -0.3 is 16.0 Å². The van der Waals surface area contributed by atoms with Crippen LogP contribution in [0.25, 0.3) is 0 Å². The van der Waals surface area contributed by atoms with Gasteiger partial charge in [-0.15, -0.1) is 24.0 Å². The van der Waals surface area contributed by atoms with Gasteiger partial charge in [-0.25, -0.2) is 0 Å². The third-order valence-corrected chi connectivity index (χ3v) is 3.85. The van der Waals surface area contributed by atoms with Gasteiger partial charge in [-0.3, -0.25) is 9.79 Å². The van der Waals surface area contributed by atoms with Crippen molar-refractivity contribution in [2.24, 2.45) is 16.6 Å². The molecule has 22 heavy (non-hydrogen) atoms. The molecular formula is C16H33IN4O. The maximum absolute atomic E-state index is 11.4. The minimum Gasteiger partial charge on any atom is -0.370 e. The first-order chi connectivity index (χ1) is 9.99. The van der Waals surface area contributed by atoms with Crippen LogP contribution in [0.2, 0.25) is 0 Å². The lowest BCUT2D eigenvalue weighted by Crippen LogP contribution is -2.38. The second-order valence-corrected chi connectivity index (χ2v) is 6.47. The number of carbonyl (C=O) groups excluding carboxylic acids is 1. The van der Waals surface area contributed by atoms with E-state index >= 15 is 0 Å². The summed E-state index contributed by atoms with van der Waals surface area (Å²) in [5.41, 5.74) is 5.89. The Kier molecular flexibility index (Phi) is 11.7. The fourth-order valence-electron chi connectivity index (χ4n) is 2.60. The molecular weight excluding hydrogens is 391 g/mol. The van der Waals surface area contributed by atoms with Crippen LogP contribution in [0.4, 0.5) is 0 Å². The Morgan fingerprint density at radius 2 is 2.05 bits per heavy atom. The van der Waals surface area contributed by atoms with E-state index in [1.807, 2.05) is 4.90 Å². The number of amides is 1. The van der Waals surface area contributed by atoms with Gasteiger partial charge >= 0.3 is 0 Å². The van der Waals surface area contributed by atoms with Gasteiger partial charge in [0.05, 0.1) is 0 Å². The van der Waals surface area contributed by atoms with Crippen molar-refractivity contribution in [3.63, 3.8) is 0 Å². The summed E-state index contributed by atoms with van der Waals surface area (Å²) in [5.74, 6) is 1.57. The van der Waals surface area contributed by atoms with Crippen LogP contribution >= 0.6 is 24.0 Å². The average molecular weight is 424 g/mol. The van der Waals surface area contributed by atoms with E-state index in [9.17, 15) is 4.79 Å². The Hall–Kier alpha value is -0.530. The van der Waals surface area contributed by atoms with E-state index in [0.29, 0.717) is 25.0 Å². The summed E-state index contributed by atoms with van der Waals surface area (Å²) in [7, 11) is 0. The first kappa shape index (κ1) is 21.5. The van der Waals surface area contributed by atoms with Gasteiger partial charge in [0.15, 0.2) is 5.96 Å². The van der Waals surface area contributed by atoms with Crippen molar-refractivity contribution < 1.29 is 4.79 Å². The number of hydrogen-bond donors (Lipinski definition) is 2. The van der Waals surface area contributed by atoms with Crippen molar-refractivity contribution in [1.82, 2.24) is 10.2 Å². The summed E-state index contributed by atoms with van der Waals surface area (Å²) >= 11 is 0. The van der Waals surface area contributed by atoms with Crippen LogP contribution in [0.3, 0.4) is 0 Å². The summed E-state index contributed by atoms with van der Waals surface area (Å²) < 4.78 is 0. The van der Waals surface area contributed by atoms with Gasteiger partial charge in [0.25, 0.3) is 0 Å². The predicted octanol–water partition coefficient (Wildman–Crippen LogP) is 2.74. The third kappa shape index (κ3) is 9.48. The summed E-state index contributed by atoms with van der Waals surface area (Å²) in [6, 6.07) is 0.368. The smallest absolute Gasteiger partial charge is 0.222 e. The van der Waals surface area contributed by atoms with E-state index in [2.05, 4.69) is 31.1 Å². The molecule has 0 bridgehead atoms. The molecule has 1 atom stereocenters. The summed E-state index contributed by atoms with van der Waals surface area (Å²) in [5, 5.41) is 3.24. The molecule has 0 aromatic heterocycles. The van der Waals surface area contributed by atoms with Gasteiger partial charge in [-0.1, -0.05) is 26.7 Å². The molecule has 0 radical (unpaired) electrons. The van der Waals surface area contributed by atoms with E-state index in [0.717, 1.165) is 38.3 Å². The third-order valence-electron chi connectivity index (χ3n) is 3.85. The van der Waals surface area contributed by atoms with Crippen LogP contribution in [0.1, 0.15) is 59.3 Å². The molecule has 0 aromatic carbocycles. The predicted molar refractivity (Wildman–Crippen MR) is 104 cm³/mol. The molecule has 0 saturated carbocycles. The lowest BCUT2D eigenvalue weighted by Gasteiger charge is -2.16. The minimum absolute atomic E-state index is 0. The number of nitrogens with two attached hydrogens (primary N) is 1. The summed E-state index contributed by atoms with van der Waals surface area (Å²) in [4.78, 5) is 17.7. The highest BCUT2D eigenvalue weighted by atomic mass is 127. The van der Waals surface area contributed by atoms with E-state index in [1.165, 1.54) is 12.8 Å². The molecule has 1 unspecified atom stereocenters. The van der Waals surface area contributed by atoms with Crippen molar-refractivity contribution in [1.29, 1.82) is 0 Å². The number of carbonyl (C=O) groups is 1. The normalized spacial score (nSPS) is 16.8. The zero-order chi connectivity index (χ0) is 15.7. The molecule has 0 spiro atoms. The molecule has 1 saturated heterocycles. The number of aliphatic imine (C=N–C) groups is 1. The van der Waals surface area contributed by atoms with Gasteiger partial charge in [0.1, 0.15) is 0 Å². The van der Waals surface area contributed by atoms with E-state index in [-0.39, 0.29) is 29.9 Å². The fourth-order valence-corrected chi connectivity index (χ4v) is 2.60. The quantitative estimate of drug-likeness (QED) is 0.259. The maximum atomic E-state index is 11.4. The van der Waals surface area contributed by atoms with Crippen molar-refractivity contribution >= 4 is 35.8 Å². The van der Waals surface area contributed by atoms with Crippen LogP contribution in [0, 0.1) is 5.92 Å². The molecule has 1 aliphatic heterocycles. The molecule has 6 heteroatoms. The first-order valence-corrected chi connectivity index (χ1v) is 8.33. The lowest BCUT2D eigenvalue weighted by molar-refractivity contribution is -0.127. The van der Waals surface area contributed by atoms with E-state index in [1.54, 1.807) is 0 Å². The van der Waals surface area contributed by atoms with Crippen molar-refractivity contribution in [3.8, 4) is 0 Å². The average Bonchev–Trinajstić information content (AvgIpc) is 2.80. The maximum Gasteiger partial charge on any atom is 0.222 e. The van der Waals surface area contributed by atoms with E-state index in [4.69, 9.17) is 5.73 Å². The number of nitrogens with zero attached hydrogens (tertiary/aromatic N) is 2. The van der Waals surface area contributed by atoms with Crippen LogP contribution < -0.4 is 11.1 Å². The zero-order valence-electron chi connectivity index (χ0n) is 14.3. The molecule has 1 amide bonds. The van der Waals surface area contributed by atoms with Gasteiger partial charge in [-0.05, 0) is 32.1 Å². The van der Waals surface area contributed by atoms with Gasteiger partial charge in [0.2, 0.25) is 5.91 Å². The summed E-state index contributed by atoms with van der Waals surface area (Å²) in [6.45, 7) is 9.04. The highest BCUT2D eigenvalue weighted by Gasteiger charge is 2.18. The van der Waals surface area contributed by atoms with Crippen LogP contribution in [0.15, 0.2) is 4.99 Å². The molecule has 1 aliphatic rings. The Morgan fingerprint density at radius 1 is 1.32 bits per heavy atom. The molecule has 0 aliphatic carbocycles. The second-order valence-electron chi connectivity index (χ2n) is 6.47. The molecule has 1 rings (SSSR count). The number of halogens is 1. The molecule has 130 valence electrons. The van der Waals surface area contributed by atoms with Crippen LogP contribution in [-0.2, 0) is 4.79 Å². The summed E-state index contributed by atoms with van der Waals surface area (Å²) in [6.07, 6.45) is 6.19. The monoisotopic (exact) mass is 424 g/mol. The number of guanidine groups is 1. The molecule has 0 aromatic rings. The highest BCUT2D eigenvalue weighted by molar-refractivity contribution is 14.0. The van der Waals surface area contributed by atoms with Gasteiger partial charge in [0, 0.05) is 32.1 Å². The van der Waals surface area contributed by atoms with Crippen molar-refractivity contribution in [2.75, 3.05) is 19.6 Å². The highest BCUT2D eigenvalue weighted by Crippen LogP contribution is 2.09. The minimum atomic E-state index is 0. The number of likely N-dealkylation sites (tertiary alicyclic amines) is 1. The Labute approximate surface area is 152 Å². The van der Waals surface area contributed by atoms with Gasteiger partial charge in [-0.2, -0.15) is 0 Å². The number of nitrogens with one attached hydrogen (secondary N) is 1. The fraction of sp³-hybridized carbons (Fsp3) is 0.875. The van der Waals surface area contributed by atoms with Crippen LogP contribution in [0.5, 0.6) is 0 Å². The molecule has 1 fully saturated rings. The van der Waals surface area contributed by atoms with Crippen LogP contribution in [-0.4, -0.2) is 42.4 Å². The molecule has 1 heterocycles. The standard InChI is InChI=1S/C16H32N4O.HI/c1-13(2)7-4-8-14(3)19-16(17)18-10-6-12-20-11-5-9-15(20)21;/h13-14H,4-12H2,1-3H3,(H3,17,18,19);1H. The lowest BCUT2D eigenvalue weighted by atomic mass is 10.0. The number of hydrogen-bond acceptors (Lipinski definition) is 2. The second kappa shape index (κ2) is 12.0. The Balaban J connectivity index is 0.00000441. The van der Waals surface area contributed by atoms with Crippen molar-refractivity contribution in [3.05, 3.63) is 0 Å². The van der Waals surface area contributed by atoms with Crippen molar-refractivity contribution in [2.45, 2.75) is 65.3 Å². The SMILES string of the molecule is CC(C)CCCC(C)NC(N)=NCCCN1CCCC1=O.I. The Bertz CT molecular complexity index is 347.